The Morgan fingerprint density at radius 2 is 1.89 bits per heavy atom. The summed E-state index contributed by atoms with van der Waals surface area (Å²) in [5.74, 6) is 0.762. The molecule has 5 nitrogen and oxygen atoms in total. The lowest BCUT2D eigenvalue weighted by Gasteiger charge is -2.07. The van der Waals surface area contributed by atoms with E-state index in [2.05, 4.69) is 57.9 Å². The first-order chi connectivity index (χ1) is 13.6. The highest BCUT2D eigenvalue weighted by Gasteiger charge is 2.10. The van der Waals surface area contributed by atoms with Crippen LogP contribution in [0.3, 0.4) is 0 Å². The van der Waals surface area contributed by atoms with Crippen molar-refractivity contribution in [1.29, 1.82) is 0 Å². The molecule has 0 fully saturated rings. The summed E-state index contributed by atoms with van der Waals surface area (Å²) in [4.78, 5) is 22.1. The molecule has 0 aliphatic rings. The van der Waals surface area contributed by atoms with E-state index in [0.29, 0.717) is 6.54 Å². The van der Waals surface area contributed by atoms with Gasteiger partial charge in [-0.2, -0.15) is 0 Å². The molecule has 6 heteroatoms. The maximum absolute atomic E-state index is 11.2. The van der Waals surface area contributed by atoms with E-state index in [1.54, 1.807) is 17.7 Å². The van der Waals surface area contributed by atoms with Crippen LogP contribution in [0.25, 0.3) is 20.7 Å². The second kappa shape index (κ2) is 7.78. The highest BCUT2D eigenvalue weighted by molar-refractivity contribution is 7.21. The van der Waals surface area contributed by atoms with E-state index < -0.39 is 0 Å². The van der Waals surface area contributed by atoms with Crippen LogP contribution in [0.4, 0.5) is 11.5 Å². The number of anilines is 2. The molecule has 2 N–H and O–H groups in total. The maximum Gasteiger partial charge on any atom is 0.221 e. The number of hydrogen-bond acceptors (Lipinski definition) is 5. The predicted molar refractivity (Wildman–Crippen MR) is 116 cm³/mol. The van der Waals surface area contributed by atoms with E-state index in [1.165, 1.54) is 18.1 Å². The van der Waals surface area contributed by atoms with Crippen LogP contribution in [-0.2, 0) is 11.3 Å². The molecule has 0 saturated carbocycles. The number of nitrogens with zero attached hydrogens (tertiary/aromatic N) is 2. The van der Waals surface area contributed by atoms with E-state index in [-0.39, 0.29) is 5.91 Å². The fourth-order valence-corrected chi connectivity index (χ4v) is 4.07. The van der Waals surface area contributed by atoms with Crippen LogP contribution in [0.5, 0.6) is 0 Å². The van der Waals surface area contributed by atoms with Gasteiger partial charge in [0.2, 0.25) is 5.91 Å². The van der Waals surface area contributed by atoms with Crippen molar-refractivity contribution in [2.24, 2.45) is 0 Å². The second-order valence-corrected chi connectivity index (χ2v) is 7.68. The van der Waals surface area contributed by atoms with Gasteiger partial charge in [-0.3, -0.25) is 4.79 Å². The van der Waals surface area contributed by atoms with Crippen molar-refractivity contribution >= 4 is 39.0 Å². The fraction of sp³-hybridized carbons (Fsp3) is 0.136. The molecule has 0 radical (unpaired) electrons. The molecule has 2 aromatic heterocycles. The third kappa shape index (κ3) is 4.02. The van der Waals surface area contributed by atoms with Crippen LogP contribution in [0.2, 0.25) is 0 Å². The van der Waals surface area contributed by atoms with Crippen LogP contribution in [0, 0.1) is 6.92 Å². The Bertz CT molecular complexity index is 1130. The Kier molecular flexibility index (Phi) is 5.04. The van der Waals surface area contributed by atoms with Gasteiger partial charge in [0.05, 0.1) is 5.39 Å². The molecule has 140 valence electrons. The Labute approximate surface area is 167 Å². The SMILES string of the molecule is CC(=O)Nc1ccc(-c2cc3c(NCc4cccc(C)c4)ncnc3s2)cc1. The molecule has 2 aromatic carbocycles. The Morgan fingerprint density at radius 1 is 1.07 bits per heavy atom. The highest BCUT2D eigenvalue weighted by Crippen LogP contribution is 2.35. The summed E-state index contributed by atoms with van der Waals surface area (Å²) in [6.45, 7) is 4.31. The summed E-state index contributed by atoms with van der Waals surface area (Å²) < 4.78 is 0. The number of thiophene rings is 1. The predicted octanol–water partition coefficient (Wildman–Crippen LogP) is 5.24. The van der Waals surface area contributed by atoms with Gasteiger partial charge in [-0.1, -0.05) is 42.0 Å². The van der Waals surface area contributed by atoms with Crippen LogP contribution < -0.4 is 10.6 Å². The topological polar surface area (TPSA) is 66.9 Å². The molecular weight excluding hydrogens is 368 g/mol. The molecule has 0 unspecified atom stereocenters. The number of rotatable bonds is 5. The first-order valence-electron chi connectivity index (χ1n) is 9.00. The van der Waals surface area contributed by atoms with Crippen molar-refractivity contribution in [1.82, 2.24) is 9.97 Å². The third-order valence-electron chi connectivity index (χ3n) is 4.36. The van der Waals surface area contributed by atoms with Gasteiger partial charge in [-0.05, 0) is 36.2 Å². The average Bonchev–Trinajstić information content (AvgIpc) is 3.11. The Morgan fingerprint density at radius 3 is 2.64 bits per heavy atom. The molecule has 0 bridgehead atoms. The summed E-state index contributed by atoms with van der Waals surface area (Å²) in [5, 5.41) is 7.24. The molecule has 0 aliphatic heterocycles. The van der Waals surface area contributed by atoms with Gasteiger partial charge < -0.3 is 10.6 Å². The number of benzene rings is 2. The van der Waals surface area contributed by atoms with Crippen LogP contribution in [0.15, 0.2) is 60.9 Å². The van der Waals surface area contributed by atoms with Crippen LogP contribution in [0.1, 0.15) is 18.1 Å². The molecular formula is C22H20N4OS. The number of fused-ring (bicyclic) bond motifs is 1. The van der Waals surface area contributed by atoms with Crippen molar-refractivity contribution in [2.75, 3.05) is 10.6 Å². The number of hydrogen-bond donors (Lipinski definition) is 2. The number of aromatic nitrogens is 2. The third-order valence-corrected chi connectivity index (χ3v) is 5.45. The Hall–Kier alpha value is -3.25. The van der Waals surface area contributed by atoms with Gasteiger partial charge in [-0.15, -0.1) is 11.3 Å². The minimum Gasteiger partial charge on any atom is -0.365 e. The largest absolute Gasteiger partial charge is 0.365 e. The number of carbonyl (C=O) groups is 1. The first-order valence-corrected chi connectivity index (χ1v) is 9.82. The second-order valence-electron chi connectivity index (χ2n) is 6.65. The van der Waals surface area contributed by atoms with Gasteiger partial charge in [0.15, 0.2) is 0 Å². The summed E-state index contributed by atoms with van der Waals surface area (Å²) in [6, 6.07) is 18.4. The van der Waals surface area contributed by atoms with Crippen molar-refractivity contribution < 1.29 is 4.79 Å². The normalized spacial score (nSPS) is 10.8. The molecule has 0 aliphatic carbocycles. The zero-order valence-electron chi connectivity index (χ0n) is 15.7. The molecule has 0 spiro atoms. The number of aryl methyl sites for hydroxylation is 1. The van der Waals surface area contributed by atoms with E-state index in [4.69, 9.17) is 0 Å². The zero-order valence-corrected chi connectivity index (χ0v) is 16.5. The number of amides is 1. The molecule has 4 aromatic rings. The van der Waals surface area contributed by atoms with E-state index in [1.807, 2.05) is 24.3 Å². The minimum absolute atomic E-state index is 0.0748. The maximum atomic E-state index is 11.2. The molecule has 0 atom stereocenters. The summed E-state index contributed by atoms with van der Waals surface area (Å²) in [5.41, 5.74) is 4.34. The smallest absolute Gasteiger partial charge is 0.221 e. The summed E-state index contributed by atoms with van der Waals surface area (Å²) >= 11 is 1.63. The Balaban J connectivity index is 1.59. The minimum atomic E-state index is -0.0748. The monoisotopic (exact) mass is 388 g/mol. The van der Waals surface area contributed by atoms with Gasteiger partial charge in [0.25, 0.3) is 0 Å². The average molecular weight is 388 g/mol. The van der Waals surface area contributed by atoms with Crippen molar-refractivity contribution in [3.8, 4) is 10.4 Å². The summed E-state index contributed by atoms with van der Waals surface area (Å²) in [7, 11) is 0. The lowest BCUT2D eigenvalue weighted by Crippen LogP contribution is -2.05. The van der Waals surface area contributed by atoms with Crippen LogP contribution >= 0.6 is 11.3 Å². The zero-order chi connectivity index (χ0) is 19.5. The summed E-state index contributed by atoms with van der Waals surface area (Å²) in [6.07, 6.45) is 1.60. The first kappa shape index (κ1) is 18.1. The lowest BCUT2D eigenvalue weighted by molar-refractivity contribution is -0.114. The molecule has 2 heterocycles. The quantitative estimate of drug-likeness (QED) is 0.491. The molecule has 0 saturated heterocycles. The molecule has 1 amide bonds. The highest BCUT2D eigenvalue weighted by atomic mass is 32.1. The van der Waals surface area contributed by atoms with Crippen molar-refractivity contribution in [3.05, 3.63) is 72.1 Å². The van der Waals surface area contributed by atoms with Gasteiger partial charge in [0, 0.05) is 24.0 Å². The molecule has 4 rings (SSSR count). The van der Waals surface area contributed by atoms with Crippen LogP contribution in [-0.4, -0.2) is 15.9 Å². The van der Waals surface area contributed by atoms with Crippen molar-refractivity contribution in [3.63, 3.8) is 0 Å². The number of nitrogens with one attached hydrogen (secondary N) is 2. The number of carbonyl (C=O) groups excluding carboxylic acids is 1. The van der Waals surface area contributed by atoms with E-state index in [9.17, 15) is 4.79 Å². The lowest BCUT2D eigenvalue weighted by atomic mass is 10.1. The van der Waals surface area contributed by atoms with Gasteiger partial charge in [0.1, 0.15) is 17.0 Å². The standard InChI is InChI=1S/C22H20N4OS/c1-14-4-3-5-16(10-14)12-23-21-19-11-20(28-22(19)25-13-24-21)17-6-8-18(9-7-17)26-15(2)27/h3-11,13H,12H2,1-2H3,(H,26,27)(H,23,24,25). The van der Waals surface area contributed by atoms with E-state index in [0.717, 1.165) is 32.2 Å². The fourth-order valence-electron chi connectivity index (χ4n) is 3.07. The van der Waals surface area contributed by atoms with Gasteiger partial charge >= 0.3 is 0 Å². The van der Waals surface area contributed by atoms with E-state index >= 15 is 0 Å². The van der Waals surface area contributed by atoms with Gasteiger partial charge in [-0.25, -0.2) is 9.97 Å². The van der Waals surface area contributed by atoms with Crippen molar-refractivity contribution in [2.45, 2.75) is 20.4 Å². The molecule has 28 heavy (non-hydrogen) atoms.